The molecule has 0 saturated carbocycles. The Morgan fingerprint density at radius 3 is 1.03 bits per heavy atom. The third kappa shape index (κ3) is 5.26. The van der Waals surface area contributed by atoms with Gasteiger partial charge in [-0.1, -0.05) is 55.4 Å². The average molecular weight is 640 g/mol. The van der Waals surface area contributed by atoms with Crippen LogP contribution in [-0.4, -0.2) is 0 Å². The molecule has 0 unspecified atom stereocenters. The van der Waals surface area contributed by atoms with Gasteiger partial charge >= 0.3 is 0 Å². The molecule has 0 amide bonds. The Hall–Kier alpha value is -0.760. The van der Waals surface area contributed by atoms with Crippen LogP contribution >= 0.6 is 45.2 Å². The van der Waals surface area contributed by atoms with E-state index in [9.17, 15) is 0 Å². The van der Waals surface area contributed by atoms with Gasteiger partial charge in [0.05, 0.1) is 11.4 Å². The Balaban J connectivity index is 2.10. The first-order chi connectivity index (χ1) is 14.5. The Labute approximate surface area is 216 Å². The van der Waals surface area contributed by atoms with Crippen LogP contribution in [0.5, 0.6) is 0 Å². The molecule has 166 valence electrons. The molecule has 2 radical (unpaired) electrons. The number of hydrogen-bond donors (Lipinski definition) is 0. The van der Waals surface area contributed by atoms with Gasteiger partial charge in [-0.2, -0.15) is 0 Å². The SMILES string of the molecule is CC(C)c1cc(I)cc(C(C)C)c1N1[C]N(c2c(C(C)C)cc(I)cc2C(C)C)C=C1. The Kier molecular flexibility index (Phi) is 8.04. The fourth-order valence-electron chi connectivity index (χ4n) is 4.17. The monoisotopic (exact) mass is 640 g/mol. The van der Waals surface area contributed by atoms with Crippen LogP contribution in [0.15, 0.2) is 36.7 Å². The van der Waals surface area contributed by atoms with Crippen LogP contribution in [0.1, 0.15) is 101 Å². The quantitative estimate of drug-likeness (QED) is 0.291. The fraction of sp³-hybridized carbons (Fsp3) is 0.444. The second kappa shape index (κ2) is 10.0. The smallest absolute Gasteiger partial charge is 0.217 e. The van der Waals surface area contributed by atoms with E-state index >= 15 is 0 Å². The van der Waals surface area contributed by atoms with Gasteiger partial charge < -0.3 is 9.80 Å². The standard InChI is InChI=1S/C27H34I2N2/c1-16(2)22-11-20(28)12-23(17(3)4)26(22)30-9-10-31(15-30)27-24(18(5)6)13-21(29)14-25(27)19(7)8/h9-14,16-19H,1-8H3. The first kappa shape index (κ1) is 24.9. The van der Waals surface area contributed by atoms with Crippen molar-refractivity contribution in [3.05, 3.63) is 72.7 Å². The largest absolute Gasteiger partial charge is 0.315 e. The molecular formula is C27H34I2N2. The predicted molar refractivity (Wildman–Crippen MR) is 152 cm³/mol. The number of anilines is 2. The van der Waals surface area contributed by atoms with Gasteiger partial charge in [0.15, 0.2) is 0 Å². The molecule has 2 nitrogen and oxygen atoms in total. The molecule has 31 heavy (non-hydrogen) atoms. The molecule has 0 aromatic heterocycles. The molecule has 0 saturated heterocycles. The topological polar surface area (TPSA) is 6.48 Å². The lowest BCUT2D eigenvalue weighted by Gasteiger charge is -2.30. The van der Waals surface area contributed by atoms with Crippen molar-refractivity contribution in [1.29, 1.82) is 0 Å². The van der Waals surface area contributed by atoms with Crippen LogP contribution in [0.25, 0.3) is 0 Å². The highest BCUT2D eigenvalue weighted by atomic mass is 127. The first-order valence-electron chi connectivity index (χ1n) is 11.2. The number of halogens is 2. The molecule has 2 aromatic rings. The van der Waals surface area contributed by atoms with Crippen molar-refractivity contribution in [3.63, 3.8) is 0 Å². The van der Waals surface area contributed by atoms with Gasteiger partial charge in [0.2, 0.25) is 6.67 Å². The summed E-state index contributed by atoms with van der Waals surface area (Å²) < 4.78 is 2.60. The van der Waals surface area contributed by atoms with E-state index in [0.29, 0.717) is 23.7 Å². The number of hydrogen-bond acceptors (Lipinski definition) is 2. The van der Waals surface area contributed by atoms with Crippen molar-refractivity contribution in [2.24, 2.45) is 0 Å². The minimum atomic E-state index is 0.446. The summed E-state index contributed by atoms with van der Waals surface area (Å²) in [6, 6.07) is 9.31. The van der Waals surface area contributed by atoms with Crippen LogP contribution in [0, 0.1) is 13.8 Å². The summed E-state index contributed by atoms with van der Waals surface area (Å²) in [5, 5.41) is 0. The molecule has 1 aliphatic heterocycles. The molecule has 4 heteroatoms. The minimum absolute atomic E-state index is 0.446. The fourth-order valence-corrected chi connectivity index (χ4v) is 5.51. The zero-order valence-electron chi connectivity index (χ0n) is 19.9. The van der Waals surface area contributed by atoms with E-state index in [1.54, 1.807) is 0 Å². The van der Waals surface area contributed by atoms with E-state index in [1.165, 1.54) is 40.8 Å². The molecular weight excluding hydrogens is 606 g/mol. The van der Waals surface area contributed by atoms with E-state index in [-0.39, 0.29) is 0 Å². The normalized spacial score (nSPS) is 14.3. The molecule has 0 fully saturated rings. The van der Waals surface area contributed by atoms with Gasteiger partial charge in [0.25, 0.3) is 0 Å². The van der Waals surface area contributed by atoms with Crippen molar-refractivity contribution in [2.75, 3.05) is 9.80 Å². The summed E-state index contributed by atoms with van der Waals surface area (Å²) in [4.78, 5) is 4.43. The van der Waals surface area contributed by atoms with Crippen molar-refractivity contribution < 1.29 is 0 Å². The molecule has 0 atom stereocenters. The van der Waals surface area contributed by atoms with Gasteiger partial charge in [-0.05, 0) is 115 Å². The maximum absolute atomic E-state index is 3.69. The van der Waals surface area contributed by atoms with E-state index < -0.39 is 0 Å². The summed E-state index contributed by atoms with van der Waals surface area (Å²) >= 11 is 4.90. The third-order valence-electron chi connectivity index (χ3n) is 5.82. The average Bonchev–Trinajstić information content (AvgIpc) is 3.15. The molecule has 3 rings (SSSR count). The van der Waals surface area contributed by atoms with Crippen LogP contribution in [0.3, 0.4) is 0 Å². The van der Waals surface area contributed by atoms with Crippen LogP contribution < -0.4 is 9.80 Å². The number of rotatable bonds is 6. The zero-order chi connectivity index (χ0) is 23.0. The maximum Gasteiger partial charge on any atom is 0.217 e. The molecule has 0 bridgehead atoms. The van der Waals surface area contributed by atoms with E-state index in [0.717, 1.165) is 0 Å². The molecule has 0 aliphatic carbocycles. The zero-order valence-corrected chi connectivity index (χ0v) is 24.2. The van der Waals surface area contributed by atoms with Crippen LogP contribution in [0.4, 0.5) is 11.4 Å². The lowest BCUT2D eigenvalue weighted by molar-refractivity contribution is 0.817. The lowest BCUT2D eigenvalue weighted by atomic mass is 9.91. The maximum atomic E-state index is 3.69. The minimum Gasteiger partial charge on any atom is -0.315 e. The molecule has 0 N–H and O–H groups in total. The highest BCUT2D eigenvalue weighted by Crippen LogP contribution is 2.43. The van der Waals surface area contributed by atoms with Crippen molar-refractivity contribution in [3.8, 4) is 0 Å². The van der Waals surface area contributed by atoms with E-state index in [1.807, 2.05) is 0 Å². The van der Waals surface area contributed by atoms with Gasteiger partial charge in [-0.25, -0.2) is 0 Å². The van der Waals surface area contributed by atoms with Gasteiger partial charge in [-0.15, -0.1) is 0 Å². The number of nitrogens with zero attached hydrogens (tertiary/aromatic N) is 2. The van der Waals surface area contributed by atoms with Gasteiger partial charge in [-0.3, -0.25) is 0 Å². The summed E-state index contributed by atoms with van der Waals surface area (Å²) in [7, 11) is 0. The van der Waals surface area contributed by atoms with Gasteiger partial charge in [0.1, 0.15) is 0 Å². The Morgan fingerprint density at radius 2 is 0.806 bits per heavy atom. The van der Waals surface area contributed by atoms with Gasteiger partial charge in [0, 0.05) is 19.5 Å². The molecule has 2 aromatic carbocycles. The number of benzene rings is 2. The molecule has 0 spiro atoms. The Bertz CT molecular complexity index is 838. The van der Waals surface area contributed by atoms with Crippen LogP contribution in [-0.2, 0) is 0 Å². The van der Waals surface area contributed by atoms with Crippen molar-refractivity contribution >= 4 is 56.6 Å². The molecule has 1 heterocycles. The summed E-state index contributed by atoms with van der Waals surface area (Å²) in [5.74, 6) is 1.79. The highest BCUT2D eigenvalue weighted by molar-refractivity contribution is 14.1. The summed E-state index contributed by atoms with van der Waals surface area (Å²) in [6.45, 7) is 21.9. The van der Waals surface area contributed by atoms with E-state index in [2.05, 4.69) is 154 Å². The van der Waals surface area contributed by atoms with Crippen molar-refractivity contribution in [1.82, 2.24) is 0 Å². The highest BCUT2D eigenvalue weighted by Gasteiger charge is 2.28. The molecule has 1 aliphatic rings. The second-order valence-electron chi connectivity index (χ2n) is 9.62. The van der Waals surface area contributed by atoms with Crippen LogP contribution in [0.2, 0.25) is 0 Å². The second-order valence-corrected chi connectivity index (χ2v) is 12.1. The summed E-state index contributed by atoms with van der Waals surface area (Å²) in [5.41, 5.74) is 8.09. The predicted octanol–water partition coefficient (Wildman–Crippen LogP) is 9.18. The third-order valence-corrected chi connectivity index (χ3v) is 7.06. The summed E-state index contributed by atoms with van der Waals surface area (Å²) in [6.07, 6.45) is 4.35. The first-order valence-corrected chi connectivity index (χ1v) is 13.4. The Morgan fingerprint density at radius 1 is 0.548 bits per heavy atom. The lowest BCUT2D eigenvalue weighted by Crippen LogP contribution is -2.23. The van der Waals surface area contributed by atoms with E-state index in [4.69, 9.17) is 0 Å². The van der Waals surface area contributed by atoms with Crippen molar-refractivity contribution in [2.45, 2.75) is 79.1 Å².